The molecule has 14 heavy (non-hydrogen) atoms. The number of aromatic amines is 1. The van der Waals surface area contributed by atoms with Crippen molar-refractivity contribution in [3.8, 4) is 0 Å². The first-order chi connectivity index (χ1) is 6.12. The summed E-state index contributed by atoms with van der Waals surface area (Å²) in [5.41, 5.74) is 0.843. The molecule has 0 amide bonds. The van der Waals surface area contributed by atoms with Crippen LogP contribution in [-0.2, 0) is 11.0 Å². The van der Waals surface area contributed by atoms with E-state index in [1.807, 2.05) is 20.8 Å². The normalized spacial score (nSPS) is 13.3. The van der Waals surface area contributed by atoms with Crippen LogP contribution in [0, 0.1) is 0 Å². The Balaban J connectivity index is 3.26. The molecule has 1 heterocycles. The van der Waals surface area contributed by atoms with Gasteiger partial charge in [-0.05, 0) is 20.8 Å². The van der Waals surface area contributed by atoms with Gasteiger partial charge in [0.2, 0.25) is 0 Å². The molecule has 0 atom stereocenters. The predicted molar refractivity (Wildman–Crippen MR) is 58.7 cm³/mol. The number of H-pyrrole nitrogens is 1. The number of rotatable bonds is 0. The van der Waals surface area contributed by atoms with Crippen LogP contribution in [0.5, 0.6) is 0 Å². The Hall–Kier alpha value is -0.990. The average Bonchev–Trinajstić information content (AvgIpc) is 2.27. The third-order valence-electron chi connectivity index (χ3n) is 2.20. The maximum atomic E-state index is 11.7. The van der Waals surface area contributed by atoms with Crippen molar-refractivity contribution in [2.45, 2.75) is 52.5 Å². The van der Waals surface area contributed by atoms with Crippen molar-refractivity contribution in [3.63, 3.8) is 0 Å². The van der Waals surface area contributed by atoms with Gasteiger partial charge in [0.15, 0.2) is 0 Å². The minimum Gasteiger partial charge on any atom is -0.299 e. The zero-order chi connectivity index (χ0) is 11.1. The highest BCUT2D eigenvalue weighted by atomic mass is 16.1. The summed E-state index contributed by atoms with van der Waals surface area (Å²) in [6, 6.07) is 1.69. The molecule has 0 radical (unpaired) electrons. The van der Waals surface area contributed by atoms with Crippen LogP contribution in [0.2, 0.25) is 0 Å². The summed E-state index contributed by atoms with van der Waals surface area (Å²) in [5, 5.41) is 3.17. The van der Waals surface area contributed by atoms with Gasteiger partial charge in [-0.25, -0.2) is 4.68 Å². The lowest BCUT2D eigenvalue weighted by Crippen LogP contribution is -2.32. The molecule has 0 aromatic carbocycles. The van der Waals surface area contributed by atoms with Gasteiger partial charge in [-0.2, -0.15) is 0 Å². The summed E-state index contributed by atoms with van der Waals surface area (Å²) in [5.74, 6) is 0. The molecule has 0 unspecified atom stereocenters. The van der Waals surface area contributed by atoms with Gasteiger partial charge in [0, 0.05) is 17.2 Å². The van der Waals surface area contributed by atoms with Crippen molar-refractivity contribution < 1.29 is 0 Å². The lowest BCUT2D eigenvalue weighted by molar-refractivity contribution is 0.339. The Bertz CT molecular complexity index is 371. The molecular formula is C11H20N2O. The van der Waals surface area contributed by atoms with E-state index < -0.39 is 0 Å². The molecule has 0 aliphatic heterocycles. The summed E-state index contributed by atoms with van der Waals surface area (Å²) in [4.78, 5) is 11.7. The summed E-state index contributed by atoms with van der Waals surface area (Å²) in [7, 11) is 0. The van der Waals surface area contributed by atoms with E-state index in [4.69, 9.17) is 0 Å². The Morgan fingerprint density at radius 3 is 1.86 bits per heavy atom. The lowest BCUT2D eigenvalue weighted by Gasteiger charge is -2.21. The second-order valence-electron chi connectivity index (χ2n) is 5.76. The molecule has 3 heteroatoms. The quantitative estimate of drug-likeness (QED) is 0.679. The Kier molecular flexibility index (Phi) is 2.38. The van der Waals surface area contributed by atoms with Crippen molar-refractivity contribution in [1.82, 2.24) is 9.78 Å². The maximum Gasteiger partial charge on any atom is 0.267 e. The SMILES string of the molecule is CC(C)(C)c1cc(=O)n(C(C)(C)C)[nH]1. The third kappa shape index (κ3) is 2.08. The van der Waals surface area contributed by atoms with Crippen LogP contribution in [0.15, 0.2) is 10.9 Å². The van der Waals surface area contributed by atoms with Gasteiger partial charge in [-0.15, -0.1) is 0 Å². The van der Waals surface area contributed by atoms with Gasteiger partial charge in [-0.3, -0.25) is 9.89 Å². The molecule has 0 aliphatic carbocycles. The fourth-order valence-corrected chi connectivity index (χ4v) is 1.28. The monoisotopic (exact) mass is 196 g/mol. The van der Waals surface area contributed by atoms with Gasteiger partial charge in [0.25, 0.3) is 5.56 Å². The number of aromatic nitrogens is 2. The van der Waals surface area contributed by atoms with Crippen molar-refractivity contribution >= 4 is 0 Å². The van der Waals surface area contributed by atoms with E-state index in [0.29, 0.717) is 0 Å². The summed E-state index contributed by atoms with van der Waals surface area (Å²) < 4.78 is 1.67. The van der Waals surface area contributed by atoms with Gasteiger partial charge < -0.3 is 0 Å². The third-order valence-corrected chi connectivity index (χ3v) is 2.20. The van der Waals surface area contributed by atoms with Gasteiger partial charge in [0.1, 0.15) is 0 Å². The average molecular weight is 196 g/mol. The molecule has 3 nitrogen and oxygen atoms in total. The smallest absolute Gasteiger partial charge is 0.267 e. The topological polar surface area (TPSA) is 37.8 Å². The molecule has 0 saturated heterocycles. The molecule has 0 aliphatic rings. The fourth-order valence-electron chi connectivity index (χ4n) is 1.28. The molecule has 0 spiro atoms. The van der Waals surface area contributed by atoms with Gasteiger partial charge >= 0.3 is 0 Å². The van der Waals surface area contributed by atoms with Gasteiger partial charge in [0.05, 0.1) is 5.54 Å². The lowest BCUT2D eigenvalue weighted by atomic mass is 9.93. The first-order valence-corrected chi connectivity index (χ1v) is 4.95. The van der Waals surface area contributed by atoms with E-state index in [1.54, 1.807) is 10.7 Å². The first kappa shape index (κ1) is 11.1. The number of nitrogens with zero attached hydrogens (tertiary/aromatic N) is 1. The van der Waals surface area contributed by atoms with Crippen molar-refractivity contribution in [3.05, 3.63) is 22.1 Å². The maximum absolute atomic E-state index is 11.7. The number of hydrogen-bond acceptors (Lipinski definition) is 1. The van der Waals surface area contributed by atoms with Crippen LogP contribution in [0.4, 0.5) is 0 Å². The van der Waals surface area contributed by atoms with Crippen LogP contribution in [0.3, 0.4) is 0 Å². The highest BCUT2D eigenvalue weighted by Gasteiger charge is 2.22. The second-order valence-corrected chi connectivity index (χ2v) is 5.76. The largest absolute Gasteiger partial charge is 0.299 e. The van der Waals surface area contributed by atoms with Crippen LogP contribution in [0.1, 0.15) is 47.2 Å². The summed E-state index contributed by atoms with van der Waals surface area (Å²) in [6.07, 6.45) is 0. The zero-order valence-corrected chi connectivity index (χ0v) is 9.93. The van der Waals surface area contributed by atoms with Crippen LogP contribution in [-0.4, -0.2) is 9.78 Å². The van der Waals surface area contributed by atoms with E-state index >= 15 is 0 Å². The Labute approximate surface area is 85.1 Å². The van der Waals surface area contributed by atoms with Crippen LogP contribution < -0.4 is 5.56 Å². The highest BCUT2D eigenvalue weighted by Crippen LogP contribution is 2.20. The van der Waals surface area contributed by atoms with E-state index in [9.17, 15) is 4.79 Å². The van der Waals surface area contributed by atoms with E-state index in [1.165, 1.54) is 0 Å². The van der Waals surface area contributed by atoms with Crippen molar-refractivity contribution in [1.29, 1.82) is 0 Å². The van der Waals surface area contributed by atoms with E-state index in [0.717, 1.165) is 5.69 Å². The minimum absolute atomic E-state index is 0.00431. The number of hydrogen-bond donors (Lipinski definition) is 1. The van der Waals surface area contributed by atoms with E-state index in [-0.39, 0.29) is 16.5 Å². The minimum atomic E-state index is -0.180. The van der Waals surface area contributed by atoms with Crippen molar-refractivity contribution in [2.24, 2.45) is 0 Å². The predicted octanol–water partition coefficient (Wildman–Crippen LogP) is 2.23. The van der Waals surface area contributed by atoms with Crippen LogP contribution >= 0.6 is 0 Å². The fraction of sp³-hybridized carbons (Fsp3) is 0.727. The zero-order valence-electron chi connectivity index (χ0n) is 9.93. The first-order valence-electron chi connectivity index (χ1n) is 4.95. The molecule has 1 aromatic rings. The number of nitrogens with one attached hydrogen (secondary N) is 1. The molecule has 80 valence electrons. The molecule has 0 fully saturated rings. The Morgan fingerprint density at radius 2 is 1.64 bits per heavy atom. The van der Waals surface area contributed by atoms with Gasteiger partial charge in [-0.1, -0.05) is 20.8 Å². The summed E-state index contributed by atoms with van der Waals surface area (Å²) >= 11 is 0. The summed E-state index contributed by atoms with van der Waals surface area (Å²) in [6.45, 7) is 12.3. The van der Waals surface area contributed by atoms with Crippen LogP contribution in [0.25, 0.3) is 0 Å². The molecule has 0 bridgehead atoms. The van der Waals surface area contributed by atoms with Crippen molar-refractivity contribution in [2.75, 3.05) is 0 Å². The molecule has 1 N–H and O–H groups in total. The Morgan fingerprint density at radius 1 is 1.14 bits per heavy atom. The molecule has 1 aromatic heterocycles. The molecule has 0 saturated carbocycles. The molecular weight excluding hydrogens is 176 g/mol. The standard InChI is InChI=1S/C11H20N2O/c1-10(2,3)8-7-9(14)13(12-8)11(4,5)6/h7,12H,1-6H3. The van der Waals surface area contributed by atoms with E-state index in [2.05, 4.69) is 25.9 Å². The molecule has 1 rings (SSSR count). The second kappa shape index (κ2) is 3.01. The highest BCUT2D eigenvalue weighted by molar-refractivity contribution is 5.11.